The molecule has 0 N–H and O–H groups in total. The second kappa shape index (κ2) is 12.2. The Hall–Kier alpha value is -7.61. The van der Waals surface area contributed by atoms with E-state index in [1.54, 1.807) is 0 Å². The summed E-state index contributed by atoms with van der Waals surface area (Å²) in [6, 6.07) is 62.6. The van der Waals surface area contributed by atoms with Gasteiger partial charge in [0.25, 0.3) is 0 Å². The highest BCUT2D eigenvalue weighted by Gasteiger charge is 2.17. The van der Waals surface area contributed by atoms with Crippen molar-refractivity contribution in [2.24, 2.45) is 0 Å². The van der Waals surface area contributed by atoms with E-state index in [-0.39, 0.29) is 0 Å². The fourth-order valence-electron chi connectivity index (χ4n) is 8.51. The lowest BCUT2D eigenvalue weighted by Crippen LogP contribution is -1.93. The van der Waals surface area contributed by atoms with Gasteiger partial charge in [-0.1, -0.05) is 115 Å². The van der Waals surface area contributed by atoms with Crippen LogP contribution in [0.5, 0.6) is 0 Å². The van der Waals surface area contributed by atoms with E-state index in [2.05, 4.69) is 155 Å². The van der Waals surface area contributed by atoms with Gasteiger partial charge in [0.1, 0.15) is 0 Å². The molecule has 4 nitrogen and oxygen atoms in total. The molecule has 3 aromatic heterocycles. The highest BCUT2D eigenvalue weighted by Crippen LogP contribution is 2.43. The first-order valence-electron chi connectivity index (χ1n) is 18.4. The minimum atomic E-state index is 0.652. The number of rotatable bonds is 5. The molecule has 0 aliphatic rings. The molecule has 0 fully saturated rings. The molecule has 11 rings (SSSR count). The van der Waals surface area contributed by atoms with Gasteiger partial charge in [-0.05, 0) is 109 Å². The zero-order valence-electron chi connectivity index (χ0n) is 29.6. The van der Waals surface area contributed by atoms with Crippen LogP contribution in [0.2, 0.25) is 0 Å². The summed E-state index contributed by atoms with van der Waals surface area (Å²) in [6.45, 7) is 0. The first-order valence-corrected chi connectivity index (χ1v) is 18.4. The smallest absolute Gasteiger partial charge is 0.0992 e. The molecule has 0 spiro atoms. The van der Waals surface area contributed by atoms with E-state index >= 15 is 0 Å². The van der Waals surface area contributed by atoms with Crippen molar-refractivity contribution in [2.45, 2.75) is 0 Å². The molecule has 0 saturated heterocycles. The standard InChI is InChI=1S/C51H30N4/c52-31-32-9-19-42-43-22-18-38(30-49(43)55(48(42)29-32)39-5-2-1-3-6-39)33-10-12-34(13-11-33)40-20-14-36-17-24-45-41(21-15-37-16-23-44(40)50(36)51(37)45)47-8-4-7-46(54-47)35-25-27-53-28-26-35/h1-30H. The van der Waals surface area contributed by atoms with Crippen molar-refractivity contribution >= 4 is 54.1 Å². The van der Waals surface area contributed by atoms with Gasteiger partial charge in [0.2, 0.25) is 0 Å². The van der Waals surface area contributed by atoms with Crippen molar-refractivity contribution in [3.8, 4) is 56.5 Å². The predicted molar refractivity (Wildman–Crippen MR) is 227 cm³/mol. The molecule has 0 aliphatic carbocycles. The van der Waals surface area contributed by atoms with Gasteiger partial charge in [-0.2, -0.15) is 5.26 Å². The first kappa shape index (κ1) is 31.0. The van der Waals surface area contributed by atoms with Gasteiger partial charge in [0, 0.05) is 40.0 Å². The molecule has 0 bridgehead atoms. The third-order valence-electron chi connectivity index (χ3n) is 11.1. The zero-order chi connectivity index (χ0) is 36.5. The van der Waals surface area contributed by atoms with Crippen molar-refractivity contribution in [1.29, 1.82) is 5.26 Å². The molecule has 0 atom stereocenters. The Morgan fingerprint density at radius 2 is 1.04 bits per heavy atom. The molecular formula is C51H30N4. The molecule has 0 saturated carbocycles. The number of aromatic nitrogens is 3. The van der Waals surface area contributed by atoms with Gasteiger partial charge in [0.05, 0.1) is 34.1 Å². The largest absolute Gasteiger partial charge is 0.309 e. The molecule has 8 aromatic carbocycles. The number of pyridine rings is 2. The molecule has 4 heteroatoms. The van der Waals surface area contributed by atoms with Crippen LogP contribution in [0.1, 0.15) is 5.56 Å². The van der Waals surface area contributed by atoms with Crippen molar-refractivity contribution in [3.63, 3.8) is 0 Å². The van der Waals surface area contributed by atoms with Crippen LogP contribution in [-0.2, 0) is 0 Å². The Balaban J connectivity index is 1.02. The average molecular weight is 699 g/mol. The predicted octanol–water partition coefficient (Wildman–Crippen LogP) is 13.0. The zero-order valence-corrected chi connectivity index (χ0v) is 29.6. The van der Waals surface area contributed by atoms with Crippen molar-refractivity contribution in [1.82, 2.24) is 14.5 Å². The lowest BCUT2D eigenvalue weighted by Gasteiger charge is -2.16. The van der Waals surface area contributed by atoms with Gasteiger partial charge in [-0.25, -0.2) is 4.98 Å². The monoisotopic (exact) mass is 698 g/mol. The van der Waals surface area contributed by atoms with E-state index < -0.39 is 0 Å². The summed E-state index contributed by atoms with van der Waals surface area (Å²) in [5.41, 5.74) is 12.6. The van der Waals surface area contributed by atoms with Crippen LogP contribution < -0.4 is 0 Å². The molecule has 0 aliphatic heterocycles. The van der Waals surface area contributed by atoms with E-state index in [9.17, 15) is 5.26 Å². The van der Waals surface area contributed by atoms with E-state index in [0.717, 1.165) is 61.1 Å². The summed E-state index contributed by atoms with van der Waals surface area (Å²) in [4.78, 5) is 9.29. The maximum Gasteiger partial charge on any atom is 0.0992 e. The lowest BCUT2D eigenvalue weighted by atomic mass is 9.87. The normalized spacial score (nSPS) is 11.6. The number of hydrogen-bond donors (Lipinski definition) is 0. The maximum absolute atomic E-state index is 9.69. The Bertz CT molecular complexity index is 3300. The summed E-state index contributed by atoms with van der Waals surface area (Å²) in [5.74, 6) is 0. The summed E-state index contributed by atoms with van der Waals surface area (Å²) < 4.78 is 2.27. The van der Waals surface area contributed by atoms with Crippen LogP contribution in [0, 0.1) is 11.3 Å². The molecule has 55 heavy (non-hydrogen) atoms. The quantitative estimate of drug-likeness (QED) is 0.168. The molecule has 0 amide bonds. The van der Waals surface area contributed by atoms with E-state index in [4.69, 9.17) is 4.98 Å². The molecule has 0 unspecified atom stereocenters. The molecule has 11 aromatic rings. The number of nitriles is 1. The summed E-state index contributed by atoms with van der Waals surface area (Å²) >= 11 is 0. The SMILES string of the molecule is N#Cc1ccc2c3ccc(-c4ccc(-c5ccc6ccc7c(-c8cccc(-c9ccncc9)n8)ccc8ccc5c6c87)cc4)cc3n(-c3ccccc3)c2c1. The topological polar surface area (TPSA) is 54.5 Å². The highest BCUT2D eigenvalue weighted by molar-refractivity contribution is 6.27. The number of nitrogens with zero attached hydrogens (tertiary/aromatic N) is 4. The number of hydrogen-bond acceptors (Lipinski definition) is 3. The van der Waals surface area contributed by atoms with Crippen molar-refractivity contribution < 1.29 is 0 Å². The van der Waals surface area contributed by atoms with Gasteiger partial charge < -0.3 is 4.57 Å². The second-order valence-electron chi connectivity index (χ2n) is 14.1. The summed E-state index contributed by atoms with van der Waals surface area (Å²) in [7, 11) is 0. The Labute approximate surface area is 317 Å². The first-order chi connectivity index (χ1) is 27.2. The third-order valence-corrected chi connectivity index (χ3v) is 11.1. The van der Waals surface area contributed by atoms with Gasteiger partial charge in [0.15, 0.2) is 0 Å². The second-order valence-corrected chi connectivity index (χ2v) is 14.1. The Morgan fingerprint density at radius 3 is 1.78 bits per heavy atom. The molecule has 0 radical (unpaired) electrons. The van der Waals surface area contributed by atoms with Gasteiger partial charge in [-0.15, -0.1) is 0 Å². The van der Waals surface area contributed by atoms with Gasteiger partial charge in [-0.3, -0.25) is 4.98 Å². The van der Waals surface area contributed by atoms with E-state index in [1.165, 1.54) is 43.4 Å². The average Bonchev–Trinajstić information content (AvgIpc) is 3.59. The highest BCUT2D eigenvalue weighted by atomic mass is 15.0. The van der Waals surface area contributed by atoms with Crippen LogP contribution >= 0.6 is 0 Å². The van der Waals surface area contributed by atoms with Crippen molar-refractivity contribution in [2.75, 3.05) is 0 Å². The molecule has 3 heterocycles. The van der Waals surface area contributed by atoms with Crippen LogP contribution in [0.15, 0.2) is 182 Å². The maximum atomic E-state index is 9.69. The summed E-state index contributed by atoms with van der Waals surface area (Å²) in [6.07, 6.45) is 3.62. The Morgan fingerprint density at radius 1 is 0.436 bits per heavy atom. The van der Waals surface area contributed by atoms with E-state index in [0.29, 0.717) is 5.56 Å². The lowest BCUT2D eigenvalue weighted by molar-refractivity contribution is 1.18. The van der Waals surface area contributed by atoms with E-state index in [1.807, 2.05) is 42.7 Å². The van der Waals surface area contributed by atoms with Crippen LogP contribution in [-0.4, -0.2) is 14.5 Å². The fraction of sp³-hybridized carbons (Fsp3) is 0. The van der Waals surface area contributed by atoms with Crippen LogP contribution in [0.4, 0.5) is 0 Å². The van der Waals surface area contributed by atoms with Crippen LogP contribution in [0.25, 0.3) is 105 Å². The minimum Gasteiger partial charge on any atom is -0.309 e. The fourth-order valence-corrected chi connectivity index (χ4v) is 8.51. The Kier molecular flexibility index (Phi) is 6.89. The van der Waals surface area contributed by atoms with Gasteiger partial charge >= 0.3 is 0 Å². The molecule has 254 valence electrons. The third kappa shape index (κ3) is 4.91. The minimum absolute atomic E-state index is 0.652. The molecular weight excluding hydrogens is 669 g/mol. The number of fused-ring (bicyclic) bond motifs is 3. The summed E-state index contributed by atoms with van der Waals surface area (Å²) in [5, 5.41) is 19.4. The number of para-hydroxylation sites is 1. The number of benzene rings is 8. The van der Waals surface area contributed by atoms with Crippen LogP contribution in [0.3, 0.4) is 0 Å². The van der Waals surface area contributed by atoms with Crippen molar-refractivity contribution in [3.05, 3.63) is 188 Å².